The minimum atomic E-state index is -0.0130. The van der Waals surface area contributed by atoms with Crippen molar-refractivity contribution < 1.29 is 4.79 Å². The highest BCUT2D eigenvalue weighted by Gasteiger charge is 2.19. The molecular weight excluding hydrogens is 372 g/mol. The summed E-state index contributed by atoms with van der Waals surface area (Å²) in [5, 5.41) is 3.03. The first kappa shape index (κ1) is 15.0. The van der Waals surface area contributed by atoms with Gasteiger partial charge in [0.1, 0.15) is 0 Å². The molecule has 0 saturated carbocycles. The molecule has 1 aliphatic heterocycles. The highest BCUT2D eigenvalue weighted by molar-refractivity contribution is 9.11. The Hall–Kier alpha value is -0.390. The van der Waals surface area contributed by atoms with E-state index in [1.54, 1.807) is 0 Å². The van der Waals surface area contributed by atoms with Crippen LogP contribution in [0.5, 0.6) is 0 Å². The highest BCUT2D eigenvalue weighted by atomic mass is 79.9. The van der Waals surface area contributed by atoms with Gasteiger partial charge in [0.2, 0.25) is 0 Å². The topological polar surface area (TPSA) is 32.3 Å². The van der Waals surface area contributed by atoms with Crippen molar-refractivity contribution in [3.05, 3.63) is 32.7 Å². The van der Waals surface area contributed by atoms with Crippen LogP contribution < -0.4 is 5.32 Å². The Bertz CT molecular complexity index is 445. The molecule has 1 fully saturated rings. The predicted octanol–water partition coefficient (Wildman–Crippen LogP) is 3.43. The molecule has 0 aliphatic carbocycles. The second kappa shape index (κ2) is 6.86. The van der Waals surface area contributed by atoms with Crippen LogP contribution in [0, 0.1) is 0 Å². The number of nitrogens with one attached hydrogen (secondary N) is 1. The summed E-state index contributed by atoms with van der Waals surface area (Å²) in [6, 6.07) is 6.06. The number of benzene rings is 1. The fraction of sp³-hybridized carbons (Fsp3) is 0.500. The summed E-state index contributed by atoms with van der Waals surface area (Å²) in [6.45, 7) is 1.85. The van der Waals surface area contributed by atoms with Gasteiger partial charge >= 0.3 is 0 Å². The van der Waals surface area contributed by atoms with Gasteiger partial charge < -0.3 is 10.2 Å². The number of likely N-dealkylation sites (tertiary alicyclic amines) is 1. The van der Waals surface area contributed by atoms with Crippen molar-refractivity contribution in [2.75, 3.05) is 20.1 Å². The lowest BCUT2D eigenvalue weighted by Gasteiger charge is -2.32. The lowest BCUT2D eigenvalue weighted by Crippen LogP contribution is -2.44. The average Bonchev–Trinajstić information content (AvgIpc) is 2.36. The van der Waals surface area contributed by atoms with Crippen LogP contribution in [0.4, 0.5) is 0 Å². The summed E-state index contributed by atoms with van der Waals surface area (Å²) < 4.78 is 1.81. The van der Waals surface area contributed by atoms with Gasteiger partial charge in [-0.3, -0.25) is 4.79 Å². The van der Waals surface area contributed by atoms with E-state index in [1.165, 1.54) is 19.3 Å². The molecule has 1 atom stereocenters. The van der Waals surface area contributed by atoms with Crippen LogP contribution in [0.3, 0.4) is 0 Å². The smallest absolute Gasteiger partial charge is 0.251 e. The minimum absolute atomic E-state index is 0.0130. The molecule has 0 bridgehead atoms. The monoisotopic (exact) mass is 388 g/mol. The number of amides is 1. The number of hydrogen-bond donors (Lipinski definition) is 1. The number of likely N-dealkylation sites (N-methyl/N-ethyl adjacent to an activating group) is 1. The maximum absolute atomic E-state index is 12.1. The van der Waals surface area contributed by atoms with Crippen LogP contribution >= 0.6 is 31.9 Å². The van der Waals surface area contributed by atoms with E-state index >= 15 is 0 Å². The number of rotatable bonds is 3. The normalized spacial score (nSPS) is 20.3. The highest BCUT2D eigenvalue weighted by Crippen LogP contribution is 2.20. The van der Waals surface area contributed by atoms with Gasteiger partial charge in [-0.1, -0.05) is 38.3 Å². The van der Waals surface area contributed by atoms with Gasteiger partial charge in [0, 0.05) is 27.1 Å². The fourth-order valence-corrected chi connectivity index (χ4v) is 3.69. The molecule has 2 rings (SSSR count). The second-order valence-electron chi connectivity index (χ2n) is 5.00. The number of nitrogens with zero attached hydrogens (tertiary/aromatic N) is 1. The van der Waals surface area contributed by atoms with Gasteiger partial charge in [0.15, 0.2) is 0 Å². The van der Waals surface area contributed by atoms with Crippen molar-refractivity contribution in [1.29, 1.82) is 0 Å². The summed E-state index contributed by atoms with van der Waals surface area (Å²) in [4.78, 5) is 14.5. The van der Waals surface area contributed by atoms with Gasteiger partial charge in [-0.15, -0.1) is 0 Å². The van der Waals surface area contributed by atoms with Crippen LogP contribution in [0.1, 0.15) is 29.6 Å². The maximum atomic E-state index is 12.1. The molecule has 1 aromatic rings. The van der Waals surface area contributed by atoms with Gasteiger partial charge in [-0.2, -0.15) is 0 Å². The van der Waals surface area contributed by atoms with Crippen molar-refractivity contribution >= 4 is 37.8 Å². The summed E-state index contributed by atoms with van der Waals surface area (Å²) in [6.07, 6.45) is 3.69. The molecule has 1 aromatic carbocycles. The predicted molar refractivity (Wildman–Crippen MR) is 84.4 cm³/mol. The van der Waals surface area contributed by atoms with Crippen LogP contribution in [-0.2, 0) is 0 Å². The molecule has 1 unspecified atom stereocenters. The molecular formula is C14H18Br2N2O. The van der Waals surface area contributed by atoms with E-state index in [-0.39, 0.29) is 5.91 Å². The summed E-state index contributed by atoms with van der Waals surface area (Å²) in [7, 11) is 2.13. The molecule has 1 aliphatic rings. The lowest BCUT2D eigenvalue weighted by atomic mass is 10.0. The zero-order valence-electron chi connectivity index (χ0n) is 11.0. The zero-order valence-corrected chi connectivity index (χ0v) is 14.1. The Kier molecular flexibility index (Phi) is 5.42. The Morgan fingerprint density at radius 2 is 2.00 bits per heavy atom. The molecule has 0 radical (unpaired) electrons. The first-order chi connectivity index (χ1) is 9.06. The van der Waals surface area contributed by atoms with E-state index < -0.39 is 0 Å². The molecule has 3 nitrogen and oxygen atoms in total. The van der Waals surface area contributed by atoms with Gasteiger partial charge in [-0.05, 0) is 44.6 Å². The molecule has 104 valence electrons. The van der Waals surface area contributed by atoms with Crippen molar-refractivity contribution in [3.8, 4) is 0 Å². The van der Waals surface area contributed by atoms with Crippen molar-refractivity contribution in [3.63, 3.8) is 0 Å². The third-order valence-electron chi connectivity index (χ3n) is 3.54. The Morgan fingerprint density at radius 3 is 2.63 bits per heavy atom. The SMILES string of the molecule is CN1CCCCC1CNC(=O)c1cc(Br)cc(Br)c1. The van der Waals surface area contributed by atoms with Gasteiger partial charge in [0.25, 0.3) is 5.91 Å². The molecule has 19 heavy (non-hydrogen) atoms. The number of carbonyl (C=O) groups is 1. The zero-order chi connectivity index (χ0) is 13.8. The van der Waals surface area contributed by atoms with E-state index in [2.05, 4.69) is 49.1 Å². The fourth-order valence-electron chi connectivity index (χ4n) is 2.40. The van der Waals surface area contributed by atoms with Crippen LogP contribution in [0.2, 0.25) is 0 Å². The van der Waals surface area contributed by atoms with Gasteiger partial charge in [-0.25, -0.2) is 0 Å². The summed E-state index contributed by atoms with van der Waals surface area (Å²) in [5.74, 6) is -0.0130. The second-order valence-corrected chi connectivity index (χ2v) is 6.83. The molecule has 1 amide bonds. The third kappa shape index (κ3) is 4.29. The largest absolute Gasteiger partial charge is 0.350 e. The van der Waals surface area contributed by atoms with Crippen molar-refractivity contribution in [2.24, 2.45) is 0 Å². The molecule has 1 N–H and O–H groups in total. The molecule has 5 heteroatoms. The lowest BCUT2D eigenvalue weighted by molar-refractivity contribution is 0.0928. The van der Waals surface area contributed by atoms with E-state index in [4.69, 9.17) is 0 Å². The quantitative estimate of drug-likeness (QED) is 0.858. The van der Waals surface area contributed by atoms with Gasteiger partial charge in [0.05, 0.1) is 0 Å². The van der Waals surface area contributed by atoms with E-state index in [9.17, 15) is 4.79 Å². The minimum Gasteiger partial charge on any atom is -0.350 e. The molecule has 0 spiro atoms. The number of hydrogen-bond acceptors (Lipinski definition) is 2. The molecule has 1 saturated heterocycles. The van der Waals surface area contributed by atoms with Crippen molar-refractivity contribution in [2.45, 2.75) is 25.3 Å². The Balaban J connectivity index is 1.93. The van der Waals surface area contributed by atoms with E-state index in [0.29, 0.717) is 11.6 Å². The van der Waals surface area contributed by atoms with Crippen molar-refractivity contribution in [1.82, 2.24) is 10.2 Å². The van der Waals surface area contributed by atoms with Crippen LogP contribution in [0.15, 0.2) is 27.1 Å². The number of halogens is 2. The van der Waals surface area contributed by atoms with E-state index in [1.807, 2.05) is 18.2 Å². The first-order valence-electron chi connectivity index (χ1n) is 6.51. The maximum Gasteiger partial charge on any atom is 0.251 e. The van der Waals surface area contributed by atoms with Crippen LogP contribution in [0.25, 0.3) is 0 Å². The first-order valence-corrected chi connectivity index (χ1v) is 8.09. The Morgan fingerprint density at radius 1 is 1.32 bits per heavy atom. The Labute approximate surface area is 131 Å². The average molecular weight is 390 g/mol. The standard InChI is InChI=1S/C14H18Br2N2O/c1-18-5-3-2-4-13(18)9-17-14(19)10-6-11(15)8-12(16)7-10/h6-8,13H,2-5,9H2,1H3,(H,17,19). The summed E-state index contributed by atoms with van der Waals surface area (Å²) in [5.41, 5.74) is 0.680. The van der Waals surface area contributed by atoms with Crippen LogP contribution in [-0.4, -0.2) is 37.0 Å². The number of piperidine rings is 1. The van der Waals surface area contributed by atoms with E-state index in [0.717, 1.165) is 22.0 Å². The molecule has 0 aromatic heterocycles. The molecule has 1 heterocycles. The number of carbonyl (C=O) groups excluding carboxylic acids is 1. The third-order valence-corrected chi connectivity index (χ3v) is 4.46. The summed E-state index contributed by atoms with van der Waals surface area (Å²) >= 11 is 6.80.